The van der Waals surface area contributed by atoms with E-state index >= 15 is 0 Å². The fraction of sp³-hybridized carbons (Fsp3) is 0.0769. The number of hydrogen-bond donors (Lipinski definition) is 0. The van der Waals surface area contributed by atoms with E-state index in [2.05, 4.69) is 0 Å². The molecule has 2 aromatic carbocycles. The molecule has 2 aliphatic rings. The summed E-state index contributed by atoms with van der Waals surface area (Å²) in [4.78, 5) is 0. The van der Waals surface area contributed by atoms with Crippen LogP contribution in [-0.4, -0.2) is 6.03 Å². The Hall–Kier alpha value is -1.93. The summed E-state index contributed by atoms with van der Waals surface area (Å²) in [5.74, 6) is 2.94. The molecule has 0 amide bonds. The van der Waals surface area contributed by atoms with Gasteiger partial charge in [0.15, 0.2) is 23.0 Å². The SMILES string of the molecule is c1ccc2c(c1)OC(P1Oc3ccccc3O1)O2. The molecule has 4 rings (SSSR count). The molecule has 0 aliphatic carbocycles. The lowest BCUT2D eigenvalue weighted by molar-refractivity contribution is 0.115. The first-order valence-corrected chi connectivity index (χ1v) is 6.81. The number of fused-ring (bicyclic) bond motifs is 2. The second kappa shape index (κ2) is 3.79. The van der Waals surface area contributed by atoms with E-state index in [1.165, 1.54) is 0 Å². The van der Waals surface area contributed by atoms with E-state index in [0.717, 1.165) is 23.0 Å². The zero-order valence-electron chi connectivity index (χ0n) is 9.28. The number of benzene rings is 2. The molecule has 0 saturated carbocycles. The van der Waals surface area contributed by atoms with Gasteiger partial charge in [0.25, 0.3) is 0 Å². The van der Waals surface area contributed by atoms with Gasteiger partial charge in [-0.15, -0.1) is 0 Å². The van der Waals surface area contributed by atoms with Crippen molar-refractivity contribution in [2.45, 2.75) is 6.03 Å². The molecule has 5 heteroatoms. The van der Waals surface area contributed by atoms with Crippen LogP contribution in [0, 0.1) is 0 Å². The molecular formula is C13H9O4P. The van der Waals surface area contributed by atoms with Crippen molar-refractivity contribution in [2.24, 2.45) is 0 Å². The average molecular weight is 260 g/mol. The van der Waals surface area contributed by atoms with Gasteiger partial charge in [0, 0.05) is 0 Å². The van der Waals surface area contributed by atoms with Crippen molar-refractivity contribution in [1.82, 2.24) is 0 Å². The lowest BCUT2D eigenvalue weighted by atomic mass is 10.3. The fourth-order valence-corrected chi connectivity index (χ4v) is 3.17. The van der Waals surface area contributed by atoms with E-state index in [9.17, 15) is 0 Å². The molecule has 0 N–H and O–H groups in total. The van der Waals surface area contributed by atoms with Crippen LogP contribution < -0.4 is 18.5 Å². The van der Waals surface area contributed by atoms with Gasteiger partial charge in [-0.2, -0.15) is 0 Å². The third kappa shape index (κ3) is 1.50. The predicted octanol–water partition coefficient (Wildman–Crippen LogP) is 3.52. The summed E-state index contributed by atoms with van der Waals surface area (Å²) in [5, 5.41) is 0. The lowest BCUT2D eigenvalue weighted by Crippen LogP contribution is -2.18. The van der Waals surface area contributed by atoms with E-state index < -0.39 is 14.4 Å². The second-order valence-corrected chi connectivity index (χ2v) is 5.26. The van der Waals surface area contributed by atoms with Crippen LogP contribution in [-0.2, 0) is 0 Å². The Bertz CT molecular complexity index is 498. The molecule has 0 aromatic heterocycles. The molecular weight excluding hydrogens is 251 g/mol. The van der Waals surface area contributed by atoms with Gasteiger partial charge in [-0.05, 0) is 24.3 Å². The molecule has 2 aromatic rings. The highest BCUT2D eigenvalue weighted by atomic mass is 31.2. The predicted molar refractivity (Wildman–Crippen MR) is 66.1 cm³/mol. The standard InChI is InChI=1S/C13H9O4P/c1-2-6-10-9(5-1)14-13(15-10)18-16-11-7-3-4-8-12(11)17-18/h1-8,13H. The van der Waals surface area contributed by atoms with Crippen LogP contribution in [0.2, 0.25) is 0 Å². The Morgan fingerprint density at radius 2 is 1.11 bits per heavy atom. The molecule has 18 heavy (non-hydrogen) atoms. The molecule has 0 atom stereocenters. The highest BCUT2D eigenvalue weighted by molar-refractivity contribution is 7.49. The number of hydrogen-bond acceptors (Lipinski definition) is 4. The zero-order chi connectivity index (χ0) is 11.9. The maximum Gasteiger partial charge on any atom is 0.380 e. The minimum Gasteiger partial charge on any atom is -0.441 e. The second-order valence-electron chi connectivity index (χ2n) is 3.90. The molecule has 0 saturated heterocycles. The summed E-state index contributed by atoms with van der Waals surface area (Å²) >= 11 is 0. The zero-order valence-corrected chi connectivity index (χ0v) is 10.2. The molecule has 0 radical (unpaired) electrons. The molecule has 90 valence electrons. The molecule has 0 fully saturated rings. The van der Waals surface area contributed by atoms with Crippen molar-refractivity contribution in [3.05, 3.63) is 48.5 Å². The summed E-state index contributed by atoms with van der Waals surface area (Å²) < 4.78 is 22.8. The Morgan fingerprint density at radius 1 is 0.667 bits per heavy atom. The molecule has 0 unspecified atom stereocenters. The first-order chi connectivity index (χ1) is 8.90. The average Bonchev–Trinajstić information content (AvgIpc) is 3.02. The third-order valence-corrected chi connectivity index (χ3v) is 4.01. The first kappa shape index (κ1) is 10.0. The van der Waals surface area contributed by atoms with E-state index in [-0.39, 0.29) is 0 Å². The van der Waals surface area contributed by atoms with Crippen molar-refractivity contribution in [3.8, 4) is 23.0 Å². The number of para-hydroxylation sites is 4. The Balaban J connectivity index is 1.56. The molecule has 2 aliphatic heterocycles. The Labute approximate surface area is 105 Å². The Kier molecular flexibility index (Phi) is 2.11. The van der Waals surface area contributed by atoms with Gasteiger partial charge in [0.1, 0.15) is 0 Å². The smallest absolute Gasteiger partial charge is 0.380 e. The highest BCUT2D eigenvalue weighted by Crippen LogP contribution is 2.57. The van der Waals surface area contributed by atoms with Crippen LogP contribution in [0.3, 0.4) is 0 Å². The van der Waals surface area contributed by atoms with Crippen LogP contribution >= 0.6 is 8.38 Å². The largest absolute Gasteiger partial charge is 0.441 e. The summed E-state index contributed by atoms with van der Waals surface area (Å²) in [6, 6.07) is 14.6. The van der Waals surface area contributed by atoms with Crippen LogP contribution in [0.5, 0.6) is 23.0 Å². The van der Waals surface area contributed by atoms with Gasteiger partial charge >= 0.3 is 14.4 Å². The highest BCUT2D eigenvalue weighted by Gasteiger charge is 2.41. The third-order valence-electron chi connectivity index (χ3n) is 2.70. The number of ether oxygens (including phenoxy) is 2. The van der Waals surface area contributed by atoms with E-state index in [1.54, 1.807) is 0 Å². The Morgan fingerprint density at radius 3 is 1.61 bits per heavy atom. The van der Waals surface area contributed by atoms with E-state index in [4.69, 9.17) is 18.5 Å². The van der Waals surface area contributed by atoms with Gasteiger partial charge < -0.3 is 18.5 Å². The molecule has 2 heterocycles. The fourth-order valence-electron chi connectivity index (χ4n) is 1.87. The van der Waals surface area contributed by atoms with Crippen molar-refractivity contribution in [2.75, 3.05) is 0 Å². The summed E-state index contributed by atoms with van der Waals surface area (Å²) in [6.45, 7) is 0. The van der Waals surface area contributed by atoms with Gasteiger partial charge in [0.05, 0.1) is 0 Å². The maximum absolute atomic E-state index is 5.71. The quantitative estimate of drug-likeness (QED) is 0.735. The maximum atomic E-state index is 5.71. The number of rotatable bonds is 1. The van der Waals surface area contributed by atoms with E-state index in [0.29, 0.717) is 0 Å². The van der Waals surface area contributed by atoms with Crippen LogP contribution in [0.1, 0.15) is 0 Å². The normalized spacial score (nSPS) is 17.1. The summed E-state index contributed by atoms with van der Waals surface area (Å²) in [6.07, 6.45) is 0. The molecule has 4 nitrogen and oxygen atoms in total. The van der Waals surface area contributed by atoms with Crippen molar-refractivity contribution >= 4 is 8.38 Å². The monoisotopic (exact) mass is 260 g/mol. The topological polar surface area (TPSA) is 36.9 Å². The van der Waals surface area contributed by atoms with E-state index in [1.807, 2.05) is 48.5 Å². The molecule has 0 bridgehead atoms. The van der Waals surface area contributed by atoms with Crippen molar-refractivity contribution < 1.29 is 18.5 Å². The van der Waals surface area contributed by atoms with Gasteiger partial charge in [-0.1, -0.05) is 24.3 Å². The summed E-state index contributed by atoms with van der Waals surface area (Å²) in [7, 11) is -1.26. The van der Waals surface area contributed by atoms with Crippen molar-refractivity contribution in [3.63, 3.8) is 0 Å². The van der Waals surface area contributed by atoms with Gasteiger partial charge in [-0.25, -0.2) is 0 Å². The first-order valence-electron chi connectivity index (χ1n) is 5.57. The van der Waals surface area contributed by atoms with Crippen LogP contribution in [0.25, 0.3) is 0 Å². The van der Waals surface area contributed by atoms with Crippen LogP contribution in [0.4, 0.5) is 0 Å². The minimum absolute atomic E-state index is 0.509. The summed E-state index contributed by atoms with van der Waals surface area (Å²) in [5.41, 5.74) is 0. The minimum atomic E-state index is -1.26. The van der Waals surface area contributed by atoms with Crippen LogP contribution in [0.15, 0.2) is 48.5 Å². The van der Waals surface area contributed by atoms with Crippen molar-refractivity contribution in [1.29, 1.82) is 0 Å². The van der Waals surface area contributed by atoms with Gasteiger partial charge in [-0.3, -0.25) is 0 Å². The van der Waals surface area contributed by atoms with Gasteiger partial charge in [0.2, 0.25) is 0 Å². The molecule has 0 spiro atoms. The lowest BCUT2D eigenvalue weighted by Gasteiger charge is -2.14.